The molecular formula is C51H49N3O7. The van der Waals surface area contributed by atoms with Crippen LogP contribution in [0, 0.1) is 0 Å². The quantitative estimate of drug-likeness (QED) is 0.0990. The molecule has 6 aromatic carbocycles. The van der Waals surface area contributed by atoms with E-state index in [1.54, 1.807) is 0 Å². The zero-order valence-electron chi connectivity index (χ0n) is 33.8. The van der Waals surface area contributed by atoms with Crippen molar-refractivity contribution in [2.45, 2.75) is 70.2 Å². The van der Waals surface area contributed by atoms with E-state index < -0.39 is 24.3 Å². The molecule has 0 saturated carbocycles. The van der Waals surface area contributed by atoms with Gasteiger partial charge in [-0.15, -0.1) is 0 Å². The molecule has 0 radical (unpaired) electrons. The van der Waals surface area contributed by atoms with E-state index in [-0.39, 0.29) is 44.3 Å². The van der Waals surface area contributed by atoms with E-state index in [1.165, 1.54) is 16.0 Å². The van der Waals surface area contributed by atoms with Crippen molar-refractivity contribution in [1.29, 1.82) is 0 Å². The van der Waals surface area contributed by atoms with Gasteiger partial charge in [0.15, 0.2) is 6.29 Å². The van der Waals surface area contributed by atoms with Crippen LogP contribution in [-0.2, 0) is 56.6 Å². The van der Waals surface area contributed by atoms with Gasteiger partial charge in [-0.1, -0.05) is 152 Å². The van der Waals surface area contributed by atoms with Crippen molar-refractivity contribution in [3.05, 3.63) is 203 Å². The SMILES string of the molecule is O=C(NC1CC(=O)N(Cc2cccc(-c3cccc([C@H]4O[C@@H](CN(Cc5ccccc5)Cc5ccccc5)C[C@@H](c5ccc(CO)cc5)O4)c3)c2)C1=O)OCc1ccccc1. The summed E-state index contributed by atoms with van der Waals surface area (Å²) >= 11 is 0. The molecule has 1 unspecified atom stereocenters. The molecule has 2 aliphatic rings. The lowest BCUT2D eigenvalue weighted by Crippen LogP contribution is -2.41. The molecule has 4 atom stereocenters. The number of alkyl carbamates (subject to hydrolysis) is 1. The first-order valence-electron chi connectivity index (χ1n) is 20.7. The average molecular weight is 816 g/mol. The van der Waals surface area contributed by atoms with E-state index in [1.807, 2.05) is 109 Å². The standard InChI is InChI=1S/C51H49N3O7/c55-34-38-22-24-41(25-23-38)47-28-45(33-53(30-36-12-4-1-5-13-36)31-37-14-6-2-7-15-37)60-50(61-47)44-21-11-20-43(27-44)42-19-10-18-40(26-42)32-54-48(56)29-46(49(54)57)52-51(58)59-35-39-16-8-3-9-17-39/h1-27,45-47,50,55H,28-35H2,(H,52,58)/t45-,46?,47+,50+/m1/s1. The number of rotatable bonds is 15. The molecule has 10 heteroatoms. The molecule has 310 valence electrons. The molecule has 2 heterocycles. The highest BCUT2D eigenvalue weighted by Gasteiger charge is 2.40. The first kappa shape index (κ1) is 41.3. The molecule has 0 spiro atoms. The third kappa shape index (κ3) is 10.9. The van der Waals surface area contributed by atoms with E-state index in [0.29, 0.717) is 13.0 Å². The normalized spacial score (nSPS) is 19.0. The molecule has 6 aromatic rings. The Balaban J connectivity index is 0.981. The number of carbonyl (C=O) groups is 3. The van der Waals surface area contributed by atoms with Crippen LogP contribution < -0.4 is 5.32 Å². The van der Waals surface area contributed by atoms with Crippen molar-refractivity contribution in [2.75, 3.05) is 6.54 Å². The third-order valence-electron chi connectivity index (χ3n) is 11.1. The van der Waals surface area contributed by atoms with Gasteiger partial charge in [0.25, 0.3) is 5.91 Å². The van der Waals surface area contributed by atoms with E-state index in [0.717, 1.165) is 52.0 Å². The molecule has 2 aliphatic heterocycles. The molecular weight excluding hydrogens is 767 g/mol. The van der Waals surface area contributed by atoms with Gasteiger partial charge in [0.2, 0.25) is 5.91 Å². The van der Waals surface area contributed by atoms with Crippen molar-refractivity contribution in [3.8, 4) is 11.1 Å². The summed E-state index contributed by atoms with van der Waals surface area (Å²) in [5.41, 5.74) is 8.58. The second kappa shape index (κ2) is 19.8. The molecule has 10 nitrogen and oxygen atoms in total. The Hall–Kier alpha value is -6.43. The van der Waals surface area contributed by atoms with Gasteiger partial charge in [-0.05, 0) is 56.6 Å². The number of aliphatic hydroxyl groups excluding tert-OH is 1. The van der Waals surface area contributed by atoms with Crippen molar-refractivity contribution in [1.82, 2.24) is 15.1 Å². The van der Waals surface area contributed by atoms with Gasteiger partial charge < -0.3 is 24.6 Å². The van der Waals surface area contributed by atoms with Gasteiger partial charge in [0.05, 0.1) is 31.8 Å². The number of amides is 3. The Bertz CT molecular complexity index is 2350. The Kier molecular flexibility index (Phi) is 13.4. The number of likely N-dealkylation sites (tertiary alicyclic amines) is 1. The van der Waals surface area contributed by atoms with Gasteiger partial charge in [0.1, 0.15) is 12.6 Å². The maximum atomic E-state index is 13.3. The van der Waals surface area contributed by atoms with E-state index in [4.69, 9.17) is 14.2 Å². The molecule has 0 bridgehead atoms. The Labute approximate surface area is 356 Å². The number of imide groups is 1. The van der Waals surface area contributed by atoms with Gasteiger partial charge in [-0.2, -0.15) is 0 Å². The van der Waals surface area contributed by atoms with Crippen molar-refractivity contribution >= 4 is 17.9 Å². The number of aliphatic hydroxyl groups is 1. The van der Waals surface area contributed by atoms with Crippen LogP contribution in [0.15, 0.2) is 164 Å². The predicted octanol–water partition coefficient (Wildman–Crippen LogP) is 8.65. The maximum absolute atomic E-state index is 13.3. The zero-order chi connectivity index (χ0) is 42.0. The molecule has 3 amide bonds. The fraction of sp³-hybridized carbons (Fsp3) is 0.235. The molecule has 61 heavy (non-hydrogen) atoms. The largest absolute Gasteiger partial charge is 0.445 e. The summed E-state index contributed by atoms with van der Waals surface area (Å²) in [5, 5.41) is 12.3. The van der Waals surface area contributed by atoms with Crippen molar-refractivity contribution in [2.24, 2.45) is 0 Å². The van der Waals surface area contributed by atoms with Gasteiger partial charge >= 0.3 is 6.09 Å². The van der Waals surface area contributed by atoms with Crippen molar-refractivity contribution < 1.29 is 33.7 Å². The highest BCUT2D eigenvalue weighted by Crippen LogP contribution is 2.39. The number of benzene rings is 6. The first-order valence-corrected chi connectivity index (χ1v) is 20.7. The highest BCUT2D eigenvalue weighted by atomic mass is 16.7. The van der Waals surface area contributed by atoms with Crippen LogP contribution in [0.25, 0.3) is 11.1 Å². The lowest BCUT2D eigenvalue weighted by Gasteiger charge is -2.38. The van der Waals surface area contributed by atoms with Crippen LogP contribution in [-0.4, -0.2) is 51.5 Å². The van der Waals surface area contributed by atoms with E-state index >= 15 is 0 Å². The average Bonchev–Trinajstić information content (AvgIpc) is 3.56. The van der Waals surface area contributed by atoms with Gasteiger partial charge in [-0.25, -0.2) is 4.79 Å². The molecule has 0 aliphatic carbocycles. The smallest absolute Gasteiger partial charge is 0.408 e. The lowest BCUT2D eigenvalue weighted by atomic mass is 9.98. The minimum atomic E-state index is -0.991. The summed E-state index contributed by atoms with van der Waals surface area (Å²) in [5.74, 6) is -0.833. The Morgan fingerprint density at radius 3 is 1.93 bits per heavy atom. The molecule has 2 N–H and O–H groups in total. The van der Waals surface area contributed by atoms with E-state index in [2.05, 4.69) is 64.8 Å². The second-order valence-corrected chi connectivity index (χ2v) is 15.6. The van der Waals surface area contributed by atoms with Gasteiger partial charge in [-0.3, -0.25) is 19.4 Å². The fourth-order valence-electron chi connectivity index (χ4n) is 7.95. The molecule has 8 rings (SSSR count). The summed E-state index contributed by atoms with van der Waals surface area (Å²) in [6, 6.07) is 52.9. The first-order chi connectivity index (χ1) is 29.9. The number of ether oxygens (including phenoxy) is 3. The van der Waals surface area contributed by atoms with Crippen LogP contribution in [0.3, 0.4) is 0 Å². The Morgan fingerprint density at radius 2 is 1.28 bits per heavy atom. The number of nitrogens with one attached hydrogen (secondary N) is 1. The summed E-state index contributed by atoms with van der Waals surface area (Å²) < 4.78 is 18.9. The number of nitrogens with zero attached hydrogens (tertiary/aromatic N) is 2. The number of hydrogen-bond acceptors (Lipinski definition) is 8. The van der Waals surface area contributed by atoms with Crippen LogP contribution in [0.1, 0.15) is 64.2 Å². The summed E-state index contributed by atoms with van der Waals surface area (Å²) in [4.78, 5) is 42.5. The predicted molar refractivity (Wildman–Crippen MR) is 231 cm³/mol. The monoisotopic (exact) mass is 815 g/mol. The highest BCUT2D eigenvalue weighted by molar-refractivity contribution is 6.06. The Morgan fingerprint density at radius 1 is 0.672 bits per heavy atom. The molecule has 2 saturated heterocycles. The molecule has 0 aromatic heterocycles. The van der Waals surface area contributed by atoms with Crippen LogP contribution in [0.5, 0.6) is 0 Å². The fourth-order valence-corrected chi connectivity index (χ4v) is 7.95. The summed E-state index contributed by atoms with van der Waals surface area (Å²) in [7, 11) is 0. The number of carbonyl (C=O) groups excluding carboxylic acids is 3. The number of hydrogen-bond donors (Lipinski definition) is 2. The topological polar surface area (TPSA) is 118 Å². The van der Waals surface area contributed by atoms with Crippen LogP contribution in [0.4, 0.5) is 4.79 Å². The molecule has 2 fully saturated rings. The summed E-state index contributed by atoms with van der Waals surface area (Å²) in [6.07, 6.45) is -1.32. The minimum absolute atomic E-state index is 0.0313. The second-order valence-electron chi connectivity index (χ2n) is 15.6. The summed E-state index contributed by atoms with van der Waals surface area (Å²) in [6.45, 7) is 2.29. The van der Waals surface area contributed by atoms with Crippen LogP contribution in [0.2, 0.25) is 0 Å². The van der Waals surface area contributed by atoms with Crippen molar-refractivity contribution in [3.63, 3.8) is 0 Å². The zero-order valence-corrected chi connectivity index (χ0v) is 33.8. The maximum Gasteiger partial charge on any atom is 0.408 e. The van der Waals surface area contributed by atoms with Gasteiger partial charge in [0, 0.05) is 31.6 Å². The van der Waals surface area contributed by atoms with Crippen LogP contribution >= 0.6 is 0 Å². The third-order valence-corrected chi connectivity index (χ3v) is 11.1. The minimum Gasteiger partial charge on any atom is -0.445 e. The van der Waals surface area contributed by atoms with E-state index in [9.17, 15) is 19.5 Å². The lowest BCUT2D eigenvalue weighted by molar-refractivity contribution is -0.253.